The topological polar surface area (TPSA) is 75.7 Å². The number of aryl methyl sites for hydroxylation is 2. The summed E-state index contributed by atoms with van der Waals surface area (Å²) >= 11 is 6.16. The summed E-state index contributed by atoms with van der Waals surface area (Å²) in [5.74, 6) is 0.371. The summed E-state index contributed by atoms with van der Waals surface area (Å²) in [6, 6.07) is 11.2. The van der Waals surface area contributed by atoms with Crippen molar-refractivity contribution in [1.82, 2.24) is 5.32 Å². The SMILES string of the molecule is COc1ccc(N(CCCC(=O)N[C@@H](C)c2ccc3c(c2)CCCC3)S(C)(=O)=O)cc1Cl. The molecular formula is C24H31ClN2O4S. The fourth-order valence-corrected chi connectivity index (χ4v) is 5.31. The number of amides is 1. The Balaban J connectivity index is 1.57. The van der Waals surface area contributed by atoms with Crippen molar-refractivity contribution in [3.8, 4) is 5.75 Å². The van der Waals surface area contributed by atoms with E-state index in [2.05, 4.69) is 23.5 Å². The van der Waals surface area contributed by atoms with E-state index in [9.17, 15) is 13.2 Å². The van der Waals surface area contributed by atoms with Crippen molar-refractivity contribution in [2.75, 3.05) is 24.2 Å². The highest BCUT2D eigenvalue weighted by Gasteiger charge is 2.20. The molecule has 2 aromatic carbocycles. The number of ether oxygens (including phenoxy) is 1. The van der Waals surface area contributed by atoms with E-state index in [4.69, 9.17) is 16.3 Å². The van der Waals surface area contributed by atoms with E-state index in [1.54, 1.807) is 18.2 Å². The molecule has 0 fully saturated rings. The Bertz CT molecular complexity index is 1070. The first-order valence-corrected chi connectivity index (χ1v) is 13.1. The van der Waals surface area contributed by atoms with Gasteiger partial charge in [0, 0.05) is 13.0 Å². The van der Waals surface area contributed by atoms with Gasteiger partial charge in [-0.2, -0.15) is 0 Å². The zero-order valence-electron chi connectivity index (χ0n) is 18.9. The maximum atomic E-state index is 12.5. The molecule has 2 aromatic rings. The first kappa shape index (κ1) is 24.4. The van der Waals surface area contributed by atoms with Gasteiger partial charge in [0.2, 0.25) is 15.9 Å². The molecule has 8 heteroatoms. The third-order valence-corrected chi connectivity index (χ3v) is 7.33. The molecule has 0 radical (unpaired) electrons. The first-order valence-electron chi connectivity index (χ1n) is 10.9. The quantitative estimate of drug-likeness (QED) is 0.569. The zero-order valence-corrected chi connectivity index (χ0v) is 20.4. The van der Waals surface area contributed by atoms with E-state index in [-0.39, 0.29) is 24.9 Å². The Hall–Kier alpha value is -2.25. The van der Waals surface area contributed by atoms with Crippen LogP contribution in [0, 0.1) is 0 Å². The van der Waals surface area contributed by atoms with Crippen LogP contribution < -0.4 is 14.4 Å². The van der Waals surface area contributed by atoms with Crippen molar-refractivity contribution in [1.29, 1.82) is 0 Å². The smallest absolute Gasteiger partial charge is 0.232 e. The molecule has 0 unspecified atom stereocenters. The molecule has 1 N–H and O–H groups in total. The molecule has 0 saturated heterocycles. The summed E-state index contributed by atoms with van der Waals surface area (Å²) < 4.78 is 31.0. The third kappa shape index (κ3) is 6.17. The molecule has 1 atom stereocenters. The number of nitrogens with zero attached hydrogens (tertiary/aromatic N) is 1. The third-order valence-electron chi connectivity index (χ3n) is 5.84. The van der Waals surface area contributed by atoms with Crippen molar-refractivity contribution < 1.29 is 17.9 Å². The highest BCUT2D eigenvalue weighted by Crippen LogP contribution is 2.30. The van der Waals surface area contributed by atoms with Gasteiger partial charge in [0.1, 0.15) is 5.75 Å². The van der Waals surface area contributed by atoms with Gasteiger partial charge in [-0.1, -0.05) is 29.8 Å². The van der Waals surface area contributed by atoms with Crippen LogP contribution in [-0.2, 0) is 27.7 Å². The lowest BCUT2D eigenvalue weighted by Gasteiger charge is -2.23. The summed E-state index contributed by atoms with van der Waals surface area (Å²) in [4.78, 5) is 12.5. The summed E-state index contributed by atoms with van der Waals surface area (Å²) in [6.45, 7) is 2.16. The lowest BCUT2D eigenvalue weighted by atomic mass is 9.89. The fourth-order valence-electron chi connectivity index (χ4n) is 4.10. The van der Waals surface area contributed by atoms with Crippen LogP contribution >= 0.6 is 11.6 Å². The van der Waals surface area contributed by atoms with Crippen molar-refractivity contribution in [2.45, 2.75) is 51.5 Å². The Kier molecular flexibility index (Phi) is 8.06. The van der Waals surface area contributed by atoms with Crippen LogP contribution in [0.2, 0.25) is 5.02 Å². The highest BCUT2D eigenvalue weighted by atomic mass is 35.5. The molecule has 6 nitrogen and oxygen atoms in total. The minimum Gasteiger partial charge on any atom is -0.495 e. The summed E-state index contributed by atoms with van der Waals surface area (Å²) in [7, 11) is -2.03. The zero-order chi connectivity index (χ0) is 23.3. The molecule has 0 heterocycles. The van der Waals surface area contributed by atoms with Crippen molar-refractivity contribution in [2.24, 2.45) is 0 Å². The number of hydrogen-bond acceptors (Lipinski definition) is 4. The number of carbonyl (C=O) groups excluding carboxylic acids is 1. The second-order valence-corrected chi connectivity index (χ2v) is 10.6. The molecule has 0 bridgehead atoms. The van der Waals surface area contributed by atoms with Crippen LogP contribution in [0.5, 0.6) is 5.75 Å². The Morgan fingerprint density at radius 2 is 1.88 bits per heavy atom. The lowest BCUT2D eigenvalue weighted by Crippen LogP contribution is -2.32. The summed E-state index contributed by atoms with van der Waals surface area (Å²) in [5.41, 5.74) is 4.35. The Labute approximate surface area is 196 Å². The highest BCUT2D eigenvalue weighted by molar-refractivity contribution is 7.92. The maximum absolute atomic E-state index is 12.5. The van der Waals surface area contributed by atoms with Crippen LogP contribution in [0.15, 0.2) is 36.4 Å². The number of hydrogen-bond donors (Lipinski definition) is 1. The number of sulfonamides is 1. The molecule has 32 heavy (non-hydrogen) atoms. The van der Waals surface area contributed by atoms with Gasteiger partial charge in [-0.25, -0.2) is 8.42 Å². The standard InChI is InChI=1S/C24H31ClN2O4S/c1-17(19-11-10-18-7-4-5-8-20(18)15-19)26-24(28)9-6-14-27(32(3,29)30)21-12-13-23(31-2)22(25)16-21/h10-13,15-17H,4-9,14H2,1-3H3,(H,26,28)/t17-/m0/s1. The van der Waals surface area contributed by atoms with Crippen LogP contribution in [0.3, 0.4) is 0 Å². The fraction of sp³-hybridized carbons (Fsp3) is 0.458. The molecule has 174 valence electrons. The van der Waals surface area contributed by atoms with Gasteiger partial charge in [0.15, 0.2) is 0 Å². The molecule has 1 amide bonds. The van der Waals surface area contributed by atoms with Gasteiger partial charge in [0.25, 0.3) is 0 Å². The number of halogens is 1. The van der Waals surface area contributed by atoms with E-state index >= 15 is 0 Å². The van der Waals surface area contributed by atoms with Crippen LogP contribution in [-0.4, -0.2) is 34.2 Å². The summed E-state index contributed by atoms with van der Waals surface area (Å²) in [6.07, 6.45) is 6.44. The average molecular weight is 479 g/mol. The van der Waals surface area contributed by atoms with Gasteiger partial charge >= 0.3 is 0 Å². The van der Waals surface area contributed by atoms with Gasteiger partial charge in [0.05, 0.1) is 30.1 Å². The molecule has 1 aliphatic rings. The number of carbonyl (C=O) groups is 1. The van der Waals surface area contributed by atoms with E-state index in [1.807, 2.05) is 6.92 Å². The first-order chi connectivity index (χ1) is 15.2. The number of benzene rings is 2. The molecule has 0 spiro atoms. The molecule has 1 aliphatic carbocycles. The van der Waals surface area contributed by atoms with Crippen molar-refractivity contribution in [3.05, 3.63) is 58.1 Å². The number of methoxy groups -OCH3 is 1. The van der Waals surface area contributed by atoms with Gasteiger partial charge in [-0.05, 0) is 73.9 Å². The second-order valence-electron chi connectivity index (χ2n) is 8.28. The Morgan fingerprint density at radius 1 is 1.16 bits per heavy atom. The minimum atomic E-state index is -3.52. The minimum absolute atomic E-state index is 0.0962. The van der Waals surface area contributed by atoms with E-state index in [0.717, 1.165) is 24.7 Å². The number of anilines is 1. The summed E-state index contributed by atoms with van der Waals surface area (Å²) in [5, 5.41) is 3.36. The Morgan fingerprint density at radius 3 is 2.53 bits per heavy atom. The van der Waals surface area contributed by atoms with Crippen molar-refractivity contribution in [3.63, 3.8) is 0 Å². The van der Waals surface area contributed by atoms with Gasteiger partial charge in [-0.3, -0.25) is 9.10 Å². The van der Waals surface area contributed by atoms with Gasteiger partial charge < -0.3 is 10.1 Å². The number of nitrogens with one attached hydrogen (secondary N) is 1. The largest absolute Gasteiger partial charge is 0.495 e. The monoisotopic (exact) mass is 478 g/mol. The normalized spacial score (nSPS) is 14.4. The molecule has 0 aromatic heterocycles. The predicted molar refractivity (Wildman–Crippen MR) is 129 cm³/mol. The van der Waals surface area contributed by atoms with Gasteiger partial charge in [-0.15, -0.1) is 0 Å². The predicted octanol–water partition coefficient (Wildman–Crippen LogP) is 4.65. The maximum Gasteiger partial charge on any atom is 0.232 e. The molecule has 0 saturated carbocycles. The molecule has 3 rings (SSSR count). The number of rotatable bonds is 9. The van der Waals surface area contributed by atoms with Crippen LogP contribution in [0.4, 0.5) is 5.69 Å². The van der Waals surface area contributed by atoms with Crippen LogP contribution in [0.1, 0.15) is 55.3 Å². The number of fused-ring (bicyclic) bond motifs is 1. The lowest BCUT2D eigenvalue weighted by molar-refractivity contribution is -0.121. The van der Waals surface area contributed by atoms with E-state index in [0.29, 0.717) is 22.9 Å². The van der Waals surface area contributed by atoms with Crippen LogP contribution in [0.25, 0.3) is 0 Å². The molecule has 0 aliphatic heterocycles. The van der Waals surface area contributed by atoms with E-state index in [1.165, 1.54) is 35.4 Å². The van der Waals surface area contributed by atoms with E-state index < -0.39 is 10.0 Å². The average Bonchev–Trinajstić information content (AvgIpc) is 2.75. The van der Waals surface area contributed by atoms with Crippen molar-refractivity contribution >= 4 is 33.2 Å². The molecular weight excluding hydrogens is 448 g/mol. The second kappa shape index (κ2) is 10.6.